The Bertz CT molecular complexity index is 790. The van der Waals surface area contributed by atoms with E-state index in [4.69, 9.17) is 16.3 Å². The van der Waals surface area contributed by atoms with Gasteiger partial charge >= 0.3 is 6.18 Å². The highest BCUT2D eigenvalue weighted by Crippen LogP contribution is 2.64. The van der Waals surface area contributed by atoms with Crippen LogP contribution in [0.5, 0.6) is 11.5 Å². The van der Waals surface area contributed by atoms with Crippen molar-refractivity contribution in [3.05, 3.63) is 52.5 Å². The van der Waals surface area contributed by atoms with Crippen molar-refractivity contribution in [2.75, 3.05) is 0 Å². The van der Waals surface area contributed by atoms with Gasteiger partial charge in [-0.1, -0.05) is 24.6 Å². The maximum atomic E-state index is 12.6. The lowest BCUT2D eigenvalue weighted by atomic mass is 10.1. The second-order valence-corrected chi connectivity index (χ2v) is 7.54. The SMILES string of the molecule is CC1C2Sc3cc(Oc4ccc(C(F)(F)F)cc4Cl)ccc3C12. The molecule has 0 amide bonds. The summed E-state index contributed by atoms with van der Waals surface area (Å²) in [6, 6.07) is 8.94. The molecule has 0 spiro atoms. The van der Waals surface area contributed by atoms with Crippen LogP contribution in [0.3, 0.4) is 0 Å². The summed E-state index contributed by atoms with van der Waals surface area (Å²) in [7, 11) is 0. The minimum atomic E-state index is -4.41. The number of hydrogen-bond acceptors (Lipinski definition) is 2. The molecule has 1 fully saturated rings. The summed E-state index contributed by atoms with van der Waals surface area (Å²) in [5.74, 6) is 2.18. The predicted molar refractivity (Wildman–Crippen MR) is 84.5 cm³/mol. The molecule has 1 saturated carbocycles. The number of alkyl halides is 3. The molecule has 23 heavy (non-hydrogen) atoms. The Labute approximate surface area is 140 Å². The van der Waals surface area contributed by atoms with Crippen LogP contribution in [0.2, 0.25) is 5.02 Å². The van der Waals surface area contributed by atoms with Crippen LogP contribution in [0.1, 0.15) is 24.0 Å². The lowest BCUT2D eigenvalue weighted by Gasteiger charge is -2.12. The summed E-state index contributed by atoms with van der Waals surface area (Å²) in [6.07, 6.45) is -4.41. The largest absolute Gasteiger partial charge is 0.456 e. The molecule has 2 aliphatic rings. The van der Waals surface area contributed by atoms with Gasteiger partial charge in [0, 0.05) is 16.1 Å². The second kappa shape index (κ2) is 5.08. The average Bonchev–Trinajstić information content (AvgIpc) is 2.94. The van der Waals surface area contributed by atoms with E-state index in [1.165, 1.54) is 16.5 Å². The molecule has 0 N–H and O–H groups in total. The van der Waals surface area contributed by atoms with E-state index in [0.717, 1.165) is 18.1 Å². The summed E-state index contributed by atoms with van der Waals surface area (Å²) in [5.41, 5.74) is 0.562. The van der Waals surface area contributed by atoms with E-state index in [0.29, 0.717) is 16.9 Å². The van der Waals surface area contributed by atoms with Gasteiger partial charge in [-0.3, -0.25) is 0 Å². The first kappa shape index (κ1) is 15.2. The topological polar surface area (TPSA) is 9.23 Å². The molecule has 0 bridgehead atoms. The van der Waals surface area contributed by atoms with E-state index in [2.05, 4.69) is 6.92 Å². The van der Waals surface area contributed by atoms with Gasteiger partial charge in [0.2, 0.25) is 0 Å². The minimum Gasteiger partial charge on any atom is -0.456 e. The Morgan fingerprint density at radius 3 is 2.61 bits per heavy atom. The molecule has 3 unspecified atom stereocenters. The molecule has 1 heterocycles. The monoisotopic (exact) mass is 356 g/mol. The van der Waals surface area contributed by atoms with E-state index >= 15 is 0 Å². The van der Waals surface area contributed by atoms with Gasteiger partial charge in [-0.2, -0.15) is 13.2 Å². The van der Waals surface area contributed by atoms with E-state index in [9.17, 15) is 13.2 Å². The van der Waals surface area contributed by atoms with Crippen LogP contribution in [0.25, 0.3) is 0 Å². The number of halogens is 4. The van der Waals surface area contributed by atoms with Crippen molar-refractivity contribution in [3.8, 4) is 11.5 Å². The van der Waals surface area contributed by atoms with Gasteiger partial charge in [-0.05, 0) is 41.8 Å². The van der Waals surface area contributed by atoms with Gasteiger partial charge in [0.05, 0.1) is 10.6 Å². The van der Waals surface area contributed by atoms with Crippen molar-refractivity contribution >= 4 is 23.4 Å². The Hall–Kier alpha value is -1.33. The maximum Gasteiger partial charge on any atom is 0.416 e. The first-order valence-electron chi connectivity index (χ1n) is 7.20. The number of ether oxygens (including phenoxy) is 1. The third-order valence-electron chi connectivity index (χ3n) is 4.39. The quantitative estimate of drug-likeness (QED) is 0.619. The Kier molecular flexibility index (Phi) is 3.36. The molecule has 6 heteroatoms. The summed E-state index contributed by atoms with van der Waals surface area (Å²) in [4.78, 5) is 1.19. The highest BCUT2D eigenvalue weighted by molar-refractivity contribution is 8.00. The summed E-state index contributed by atoms with van der Waals surface area (Å²) >= 11 is 7.77. The van der Waals surface area contributed by atoms with Crippen molar-refractivity contribution in [3.63, 3.8) is 0 Å². The van der Waals surface area contributed by atoms with Crippen molar-refractivity contribution in [2.45, 2.75) is 29.2 Å². The minimum absolute atomic E-state index is 0.0514. The number of rotatable bonds is 2. The van der Waals surface area contributed by atoms with Gasteiger partial charge in [0.1, 0.15) is 11.5 Å². The molecule has 0 saturated heterocycles. The van der Waals surface area contributed by atoms with Crippen molar-refractivity contribution in [1.29, 1.82) is 0 Å². The van der Waals surface area contributed by atoms with Crippen LogP contribution >= 0.6 is 23.4 Å². The molecule has 1 nitrogen and oxygen atoms in total. The first-order chi connectivity index (χ1) is 10.8. The molecule has 120 valence electrons. The number of benzene rings is 2. The smallest absolute Gasteiger partial charge is 0.416 e. The van der Waals surface area contributed by atoms with E-state index < -0.39 is 11.7 Å². The molecule has 3 atom stereocenters. The normalized spacial score (nSPS) is 25.0. The zero-order valence-corrected chi connectivity index (χ0v) is 13.6. The van der Waals surface area contributed by atoms with Crippen molar-refractivity contribution in [1.82, 2.24) is 0 Å². The second-order valence-electron chi connectivity index (χ2n) is 5.91. The Morgan fingerprint density at radius 1 is 1.13 bits per heavy atom. The standard InChI is InChI=1S/C17H12ClF3OS/c1-8-15-11-4-3-10(7-14(11)23-16(8)15)22-13-5-2-9(6-12(13)18)17(19,20)21/h2-8,15-16H,1H3. The van der Waals surface area contributed by atoms with Crippen LogP contribution in [0, 0.1) is 5.92 Å². The zero-order chi connectivity index (χ0) is 16.4. The number of fused-ring (bicyclic) bond motifs is 3. The molecular formula is C17H12ClF3OS. The third-order valence-corrected chi connectivity index (χ3v) is 6.29. The molecule has 0 aromatic heterocycles. The third kappa shape index (κ3) is 2.60. The van der Waals surface area contributed by atoms with Crippen LogP contribution in [-0.2, 0) is 6.18 Å². The van der Waals surface area contributed by atoms with Gasteiger partial charge in [-0.25, -0.2) is 0 Å². The lowest BCUT2D eigenvalue weighted by Crippen LogP contribution is -2.04. The molecule has 1 aliphatic heterocycles. The maximum absolute atomic E-state index is 12.6. The van der Waals surface area contributed by atoms with Crippen LogP contribution in [-0.4, -0.2) is 5.25 Å². The fourth-order valence-corrected chi connectivity index (χ4v) is 4.93. The molecule has 0 radical (unpaired) electrons. The summed E-state index contributed by atoms with van der Waals surface area (Å²) in [6.45, 7) is 2.25. The average molecular weight is 357 g/mol. The Morgan fingerprint density at radius 2 is 1.91 bits per heavy atom. The predicted octanol–water partition coefficient (Wildman–Crippen LogP) is 6.36. The van der Waals surface area contributed by atoms with Crippen LogP contribution in [0.15, 0.2) is 41.3 Å². The molecule has 4 rings (SSSR count). The number of thioether (sulfide) groups is 1. The first-order valence-corrected chi connectivity index (χ1v) is 8.45. The summed E-state index contributed by atoms with van der Waals surface area (Å²) < 4.78 is 43.6. The number of hydrogen-bond donors (Lipinski definition) is 0. The van der Waals surface area contributed by atoms with Crippen molar-refractivity contribution < 1.29 is 17.9 Å². The molecule has 2 aromatic rings. The molecule has 2 aromatic carbocycles. The van der Waals surface area contributed by atoms with E-state index in [1.807, 2.05) is 30.0 Å². The lowest BCUT2D eigenvalue weighted by molar-refractivity contribution is -0.137. The Balaban J connectivity index is 1.57. The fourth-order valence-electron chi connectivity index (χ4n) is 3.06. The molecular weight excluding hydrogens is 345 g/mol. The highest BCUT2D eigenvalue weighted by Gasteiger charge is 2.53. The van der Waals surface area contributed by atoms with Gasteiger partial charge in [0.25, 0.3) is 0 Å². The van der Waals surface area contributed by atoms with Gasteiger partial charge < -0.3 is 4.74 Å². The van der Waals surface area contributed by atoms with E-state index in [1.54, 1.807) is 0 Å². The van der Waals surface area contributed by atoms with Crippen molar-refractivity contribution in [2.24, 2.45) is 5.92 Å². The summed E-state index contributed by atoms with van der Waals surface area (Å²) in [5, 5.41) is 0.611. The zero-order valence-electron chi connectivity index (χ0n) is 12.0. The fraction of sp³-hybridized carbons (Fsp3) is 0.294. The molecule has 1 aliphatic carbocycles. The van der Waals surface area contributed by atoms with Crippen LogP contribution < -0.4 is 4.74 Å². The van der Waals surface area contributed by atoms with E-state index in [-0.39, 0.29) is 10.8 Å². The highest BCUT2D eigenvalue weighted by atomic mass is 35.5. The van der Waals surface area contributed by atoms with Crippen LogP contribution in [0.4, 0.5) is 13.2 Å². The van der Waals surface area contributed by atoms with Gasteiger partial charge in [-0.15, -0.1) is 11.8 Å². The van der Waals surface area contributed by atoms with Gasteiger partial charge in [0.15, 0.2) is 0 Å².